The standard InChI is InChI=1S/C48H32N2/c1-48(2)41-15-7-5-12-35(41)38-26-30(20-24-42(38)48)31-21-25-46-39(27-31)36-13-6-8-17-45(36)50(46)32-22-18-29(19-23-32)44-28-40-34-11-4-3-10-33(34)37-14-9-16-43(49-44)47(37)40/h3-28H,1-2H3. The Balaban J connectivity index is 1.01. The Morgan fingerprint density at radius 1 is 0.440 bits per heavy atom. The molecular formula is C48H32N2. The van der Waals surface area contributed by atoms with Crippen LogP contribution in [0.2, 0.25) is 0 Å². The van der Waals surface area contributed by atoms with E-state index in [9.17, 15) is 0 Å². The molecule has 0 spiro atoms. The molecule has 234 valence electrons. The van der Waals surface area contributed by atoms with Crippen molar-refractivity contribution < 1.29 is 0 Å². The molecule has 2 aliphatic rings. The zero-order chi connectivity index (χ0) is 33.1. The van der Waals surface area contributed by atoms with Gasteiger partial charge in [0.15, 0.2) is 0 Å². The van der Waals surface area contributed by atoms with Crippen LogP contribution in [0.4, 0.5) is 0 Å². The fraction of sp³-hybridized carbons (Fsp3) is 0.0625. The van der Waals surface area contributed by atoms with Gasteiger partial charge in [0.2, 0.25) is 0 Å². The molecule has 0 amide bonds. The first kappa shape index (κ1) is 27.7. The maximum Gasteiger partial charge on any atom is 0.0722 e. The second-order valence-corrected chi connectivity index (χ2v) is 14.4. The van der Waals surface area contributed by atoms with Crippen LogP contribution < -0.4 is 0 Å². The first-order valence-corrected chi connectivity index (χ1v) is 17.5. The van der Waals surface area contributed by atoms with Gasteiger partial charge in [0.05, 0.1) is 22.2 Å². The number of fused-ring (bicyclic) bond motifs is 9. The van der Waals surface area contributed by atoms with Gasteiger partial charge in [-0.2, -0.15) is 0 Å². The van der Waals surface area contributed by atoms with E-state index in [2.05, 4.69) is 176 Å². The maximum absolute atomic E-state index is 5.16. The van der Waals surface area contributed by atoms with Gasteiger partial charge in [-0.05, 0) is 104 Å². The largest absolute Gasteiger partial charge is 0.309 e. The second kappa shape index (κ2) is 9.90. The van der Waals surface area contributed by atoms with Gasteiger partial charge >= 0.3 is 0 Å². The van der Waals surface area contributed by atoms with Crippen molar-refractivity contribution in [3.63, 3.8) is 0 Å². The molecule has 0 bridgehead atoms. The van der Waals surface area contributed by atoms with E-state index in [4.69, 9.17) is 4.98 Å². The number of rotatable bonds is 3. The lowest BCUT2D eigenvalue weighted by atomic mass is 9.82. The summed E-state index contributed by atoms with van der Waals surface area (Å²) in [6.07, 6.45) is 0. The van der Waals surface area contributed by atoms with Crippen LogP contribution in [0.5, 0.6) is 0 Å². The molecule has 2 heterocycles. The number of para-hydroxylation sites is 1. The van der Waals surface area contributed by atoms with Crippen LogP contribution in [-0.2, 0) is 5.41 Å². The van der Waals surface area contributed by atoms with Crippen LogP contribution in [0, 0.1) is 0 Å². The molecule has 0 saturated carbocycles. The molecule has 0 fully saturated rings. The number of benzene rings is 7. The summed E-state index contributed by atoms with van der Waals surface area (Å²) in [6.45, 7) is 4.68. The minimum absolute atomic E-state index is 0.00773. The highest BCUT2D eigenvalue weighted by atomic mass is 15.0. The second-order valence-electron chi connectivity index (χ2n) is 14.4. The minimum Gasteiger partial charge on any atom is -0.309 e. The van der Waals surface area contributed by atoms with Crippen LogP contribution >= 0.6 is 0 Å². The first-order valence-electron chi connectivity index (χ1n) is 17.5. The average Bonchev–Trinajstić information content (AvgIpc) is 3.75. The molecule has 7 aromatic carbocycles. The molecule has 2 aromatic heterocycles. The lowest BCUT2D eigenvalue weighted by Crippen LogP contribution is -2.14. The van der Waals surface area contributed by atoms with Crippen LogP contribution in [0.15, 0.2) is 158 Å². The summed E-state index contributed by atoms with van der Waals surface area (Å²) in [4.78, 5) is 5.16. The third kappa shape index (κ3) is 3.71. The fourth-order valence-corrected chi connectivity index (χ4v) is 8.94. The highest BCUT2D eigenvalue weighted by Crippen LogP contribution is 2.50. The Hall–Kier alpha value is -6.25. The van der Waals surface area contributed by atoms with E-state index in [1.165, 1.54) is 82.8 Å². The summed E-state index contributed by atoms with van der Waals surface area (Å²) in [7, 11) is 0. The Labute approximate surface area is 290 Å². The number of nitrogens with zero attached hydrogens (tertiary/aromatic N) is 2. The Morgan fingerprint density at radius 2 is 1.08 bits per heavy atom. The van der Waals surface area contributed by atoms with Gasteiger partial charge in [-0.3, -0.25) is 0 Å². The van der Waals surface area contributed by atoms with Crippen molar-refractivity contribution in [2.45, 2.75) is 19.3 Å². The van der Waals surface area contributed by atoms with E-state index in [-0.39, 0.29) is 5.41 Å². The monoisotopic (exact) mass is 636 g/mol. The lowest BCUT2D eigenvalue weighted by Gasteiger charge is -2.21. The Kier molecular flexibility index (Phi) is 5.48. The van der Waals surface area contributed by atoms with Crippen molar-refractivity contribution in [2.24, 2.45) is 0 Å². The van der Waals surface area contributed by atoms with Crippen molar-refractivity contribution in [1.82, 2.24) is 9.55 Å². The molecular weight excluding hydrogens is 605 g/mol. The maximum atomic E-state index is 5.16. The van der Waals surface area contributed by atoms with Gasteiger partial charge in [0, 0.05) is 32.8 Å². The number of hydrogen-bond acceptors (Lipinski definition) is 1. The van der Waals surface area contributed by atoms with Crippen molar-refractivity contribution in [3.05, 3.63) is 169 Å². The van der Waals surface area contributed by atoms with Crippen molar-refractivity contribution in [1.29, 1.82) is 0 Å². The SMILES string of the molecule is CC1(C)c2ccccc2-c2cc(-c3ccc4c(c3)c3ccccc3n4-c3ccc(-c4cc5c6c(cccc6n4)-c4ccccc4-5)cc3)ccc21. The quantitative estimate of drug-likeness (QED) is 0.189. The molecule has 2 nitrogen and oxygen atoms in total. The minimum atomic E-state index is 0.00773. The summed E-state index contributed by atoms with van der Waals surface area (Å²) >= 11 is 0. The molecule has 0 atom stereocenters. The highest BCUT2D eigenvalue weighted by molar-refractivity contribution is 6.15. The fourth-order valence-electron chi connectivity index (χ4n) is 8.94. The van der Waals surface area contributed by atoms with E-state index >= 15 is 0 Å². The number of aromatic nitrogens is 2. The molecule has 0 unspecified atom stereocenters. The third-order valence-electron chi connectivity index (χ3n) is 11.4. The molecule has 0 aliphatic heterocycles. The highest BCUT2D eigenvalue weighted by Gasteiger charge is 2.35. The molecule has 2 heteroatoms. The normalized spacial score (nSPS) is 13.6. The van der Waals surface area contributed by atoms with Crippen LogP contribution in [0.25, 0.3) is 94.2 Å². The molecule has 50 heavy (non-hydrogen) atoms. The van der Waals surface area contributed by atoms with Gasteiger partial charge in [0.25, 0.3) is 0 Å². The van der Waals surface area contributed by atoms with Gasteiger partial charge < -0.3 is 4.57 Å². The van der Waals surface area contributed by atoms with Crippen molar-refractivity contribution in [3.8, 4) is 61.5 Å². The van der Waals surface area contributed by atoms with Gasteiger partial charge in [-0.15, -0.1) is 0 Å². The smallest absolute Gasteiger partial charge is 0.0722 e. The summed E-state index contributed by atoms with van der Waals surface area (Å²) in [5.41, 5.74) is 19.9. The topological polar surface area (TPSA) is 17.8 Å². The van der Waals surface area contributed by atoms with Crippen LogP contribution in [0.1, 0.15) is 25.0 Å². The predicted octanol–water partition coefficient (Wildman–Crippen LogP) is 12.6. The molecule has 9 aromatic rings. The van der Waals surface area contributed by atoms with E-state index in [1.54, 1.807) is 0 Å². The predicted molar refractivity (Wildman–Crippen MR) is 209 cm³/mol. The molecule has 0 N–H and O–H groups in total. The summed E-state index contributed by atoms with van der Waals surface area (Å²) < 4.78 is 2.40. The van der Waals surface area contributed by atoms with E-state index in [1.807, 2.05) is 0 Å². The summed E-state index contributed by atoms with van der Waals surface area (Å²) in [5.74, 6) is 0. The molecule has 0 radical (unpaired) electrons. The lowest BCUT2D eigenvalue weighted by molar-refractivity contribution is 0.660. The van der Waals surface area contributed by atoms with Gasteiger partial charge in [0.1, 0.15) is 0 Å². The van der Waals surface area contributed by atoms with E-state index in [0.29, 0.717) is 0 Å². The van der Waals surface area contributed by atoms with Gasteiger partial charge in [-0.1, -0.05) is 123 Å². The molecule has 0 saturated heterocycles. The van der Waals surface area contributed by atoms with Crippen molar-refractivity contribution >= 4 is 32.7 Å². The zero-order valence-electron chi connectivity index (χ0n) is 27.9. The van der Waals surface area contributed by atoms with Crippen LogP contribution in [-0.4, -0.2) is 9.55 Å². The number of pyridine rings is 1. The summed E-state index contributed by atoms with van der Waals surface area (Å²) in [5, 5.41) is 3.78. The Bertz CT molecular complexity index is 2890. The van der Waals surface area contributed by atoms with E-state index < -0.39 is 0 Å². The average molecular weight is 637 g/mol. The van der Waals surface area contributed by atoms with E-state index in [0.717, 1.165) is 22.5 Å². The first-order chi connectivity index (χ1) is 24.5. The summed E-state index contributed by atoms with van der Waals surface area (Å²) in [6, 6.07) is 58.0. The molecule has 11 rings (SSSR count). The third-order valence-corrected chi connectivity index (χ3v) is 11.4. The molecule has 2 aliphatic carbocycles. The zero-order valence-corrected chi connectivity index (χ0v) is 27.9. The van der Waals surface area contributed by atoms with Crippen molar-refractivity contribution in [2.75, 3.05) is 0 Å². The van der Waals surface area contributed by atoms with Crippen LogP contribution in [0.3, 0.4) is 0 Å². The van der Waals surface area contributed by atoms with Gasteiger partial charge in [-0.25, -0.2) is 4.98 Å². The Morgan fingerprint density at radius 3 is 1.94 bits per heavy atom. The number of hydrogen-bond donors (Lipinski definition) is 0.